The lowest BCUT2D eigenvalue weighted by atomic mass is 9.92. The second-order valence-corrected chi connectivity index (χ2v) is 5.56. The number of nitrogens with zero attached hydrogens (tertiary/aromatic N) is 1. The second kappa shape index (κ2) is 6.56. The van der Waals surface area contributed by atoms with Crippen molar-refractivity contribution in [3.63, 3.8) is 0 Å². The van der Waals surface area contributed by atoms with Gasteiger partial charge in [0.15, 0.2) is 0 Å². The van der Waals surface area contributed by atoms with E-state index in [4.69, 9.17) is 4.74 Å². The van der Waals surface area contributed by atoms with E-state index in [1.165, 1.54) is 18.2 Å². The molecule has 2 atom stereocenters. The van der Waals surface area contributed by atoms with E-state index >= 15 is 0 Å². The fraction of sp³-hybridized carbons (Fsp3) is 0.533. The number of benzene rings is 1. The van der Waals surface area contributed by atoms with Gasteiger partial charge in [-0.15, -0.1) is 0 Å². The number of halogens is 3. The first kappa shape index (κ1) is 16.6. The Kier molecular flexibility index (Phi) is 4.95. The van der Waals surface area contributed by atoms with Crippen molar-refractivity contribution in [1.29, 1.82) is 0 Å². The van der Waals surface area contributed by atoms with Crippen LogP contribution in [0.4, 0.5) is 13.2 Å². The van der Waals surface area contributed by atoms with Crippen LogP contribution in [0, 0.1) is 11.8 Å². The molecule has 0 aromatic heterocycles. The molecule has 2 unspecified atom stereocenters. The molecule has 1 aromatic rings. The topological polar surface area (TPSA) is 49.8 Å². The molecule has 122 valence electrons. The molecule has 1 heterocycles. The summed E-state index contributed by atoms with van der Waals surface area (Å²) in [7, 11) is 1.89. The molecule has 4 nitrogen and oxygen atoms in total. The number of rotatable bonds is 5. The summed E-state index contributed by atoms with van der Waals surface area (Å²) in [5.41, 5.74) is -0.886. The molecule has 0 amide bonds. The van der Waals surface area contributed by atoms with Crippen LogP contribution in [0.15, 0.2) is 24.3 Å². The number of carboxylic acids is 1. The van der Waals surface area contributed by atoms with Gasteiger partial charge >= 0.3 is 12.1 Å². The molecule has 1 aliphatic heterocycles. The summed E-state index contributed by atoms with van der Waals surface area (Å²) in [4.78, 5) is 13.4. The van der Waals surface area contributed by atoms with Crippen molar-refractivity contribution in [2.45, 2.75) is 12.6 Å². The van der Waals surface area contributed by atoms with Crippen molar-refractivity contribution < 1.29 is 27.8 Å². The van der Waals surface area contributed by atoms with Gasteiger partial charge in [0.1, 0.15) is 12.4 Å². The zero-order valence-corrected chi connectivity index (χ0v) is 12.1. The van der Waals surface area contributed by atoms with Crippen LogP contribution in [0.1, 0.15) is 12.0 Å². The molecule has 1 N–H and O–H groups in total. The highest BCUT2D eigenvalue weighted by Gasteiger charge is 2.36. The van der Waals surface area contributed by atoms with Crippen LogP contribution < -0.4 is 4.74 Å². The molecule has 1 aliphatic rings. The summed E-state index contributed by atoms with van der Waals surface area (Å²) < 4.78 is 43.9. The van der Waals surface area contributed by atoms with Gasteiger partial charge < -0.3 is 14.7 Å². The highest BCUT2D eigenvalue weighted by Crippen LogP contribution is 2.36. The number of alkyl halides is 3. The third kappa shape index (κ3) is 3.91. The summed E-state index contributed by atoms with van der Waals surface area (Å²) in [6.45, 7) is 1.13. The smallest absolute Gasteiger partial charge is 0.419 e. The van der Waals surface area contributed by atoms with Gasteiger partial charge in [-0.2, -0.15) is 13.2 Å². The Bertz CT molecular complexity index is 533. The number of likely N-dealkylation sites (tertiary alicyclic amines) is 1. The molecule has 1 fully saturated rings. The molecular weight excluding hydrogens is 299 g/mol. The van der Waals surface area contributed by atoms with Gasteiger partial charge in [-0.25, -0.2) is 0 Å². The van der Waals surface area contributed by atoms with Crippen molar-refractivity contribution >= 4 is 5.97 Å². The van der Waals surface area contributed by atoms with Crippen LogP contribution in [-0.2, 0) is 11.0 Å². The van der Waals surface area contributed by atoms with E-state index in [9.17, 15) is 23.1 Å². The Labute approximate surface area is 126 Å². The van der Waals surface area contributed by atoms with Crippen LogP contribution in [0.25, 0.3) is 0 Å². The maximum atomic E-state index is 12.9. The molecule has 1 saturated heterocycles. The van der Waals surface area contributed by atoms with Gasteiger partial charge in [0.05, 0.1) is 11.5 Å². The molecule has 2 rings (SSSR count). The number of carbonyl (C=O) groups is 1. The third-order valence-corrected chi connectivity index (χ3v) is 3.92. The minimum absolute atomic E-state index is 0.111. The SMILES string of the molecule is CN1CCC(C(COc2ccccc2C(F)(F)F)C(=O)O)C1. The van der Waals surface area contributed by atoms with Gasteiger partial charge in [0.2, 0.25) is 0 Å². The summed E-state index contributed by atoms with van der Waals surface area (Å²) in [5.74, 6) is -2.29. The van der Waals surface area contributed by atoms with E-state index in [0.717, 1.165) is 12.6 Å². The first-order valence-corrected chi connectivity index (χ1v) is 6.99. The van der Waals surface area contributed by atoms with E-state index in [-0.39, 0.29) is 18.3 Å². The Morgan fingerprint density at radius 1 is 1.45 bits per heavy atom. The lowest BCUT2D eigenvalue weighted by molar-refractivity contribution is -0.145. The van der Waals surface area contributed by atoms with Gasteiger partial charge in [-0.05, 0) is 38.1 Å². The molecule has 0 bridgehead atoms. The zero-order valence-electron chi connectivity index (χ0n) is 12.1. The fourth-order valence-electron chi connectivity index (χ4n) is 2.71. The number of carboxylic acid groups (broad SMARTS) is 1. The lowest BCUT2D eigenvalue weighted by Crippen LogP contribution is -2.31. The fourth-order valence-corrected chi connectivity index (χ4v) is 2.71. The van der Waals surface area contributed by atoms with Crippen LogP contribution >= 0.6 is 0 Å². The Morgan fingerprint density at radius 2 is 2.14 bits per heavy atom. The number of aliphatic carboxylic acids is 1. The van der Waals surface area contributed by atoms with Crippen LogP contribution in [-0.4, -0.2) is 42.7 Å². The Morgan fingerprint density at radius 3 is 2.68 bits per heavy atom. The molecule has 7 heteroatoms. The maximum absolute atomic E-state index is 12.9. The molecule has 0 saturated carbocycles. The van der Waals surface area contributed by atoms with Crippen LogP contribution in [0.3, 0.4) is 0 Å². The van der Waals surface area contributed by atoms with Crippen molar-refractivity contribution in [3.8, 4) is 5.75 Å². The van der Waals surface area contributed by atoms with E-state index in [0.29, 0.717) is 13.0 Å². The molecule has 0 radical (unpaired) electrons. The number of para-hydroxylation sites is 1. The standard InChI is InChI=1S/C15H18F3NO3/c1-19-7-6-10(8-19)11(14(20)21)9-22-13-5-3-2-4-12(13)15(16,17)18/h2-5,10-11H,6-9H2,1H3,(H,20,21). The van der Waals surface area contributed by atoms with Gasteiger partial charge in [0, 0.05) is 6.54 Å². The first-order valence-electron chi connectivity index (χ1n) is 6.99. The number of hydrogen-bond acceptors (Lipinski definition) is 3. The van der Waals surface area contributed by atoms with E-state index in [2.05, 4.69) is 0 Å². The molecule has 0 spiro atoms. The lowest BCUT2D eigenvalue weighted by Gasteiger charge is -2.21. The van der Waals surface area contributed by atoms with Crippen molar-refractivity contribution in [2.24, 2.45) is 11.8 Å². The molecule has 0 aliphatic carbocycles. The Balaban J connectivity index is 2.09. The predicted octanol–water partition coefficient (Wildman–Crippen LogP) is 2.74. The quantitative estimate of drug-likeness (QED) is 0.907. The van der Waals surface area contributed by atoms with E-state index in [1.807, 2.05) is 11.9 Å². The first-order chi connectivity index (χ1) is 10.3. The summed E-state index contributed by atoms with van der Waals surface area (Å²) in [6, 6.07) is 4.84. The minimum Gasteiger partial charge on any atom is -0.492 e. The summed E-state index contributed by atoms with van der Waals surface area (Å²) >= 11 is 0. The molecule has 1 aromatic carbocycles. The van der Waals surface area contributed by atoms with E-state index in [1.54, 1.807) is 0 Å². The van der Waals surface area contributed by atoms with E-state index < -0.39 is 23.6 Å². The summed E-state index contributed by atoms with van der Waals surface area (Å²) in [5, 5.41) is 9.31. The van der Waals surface area contributed by atoms with Gasteiger partial charge in [0.25, 0.3) is 0 Å². The third-order valence-electron chi connectivity index (χ3n) is 3.92. The predicted molar refractivity (Wildman–Crippen MR) is 73.7 cm³/mol. The summed E-state index contributed by atoms with van der Waals surface area (Å²) in [6.07, 6.45) is -3.82. The minimum atomic E-state index is -4.52. The normalized spacial score (nSPS) is 20.8. The Hall–Kier alpha value is -1.76. The van der Waals surface area contributed by atoms with Crippen LogP contribution in [0.2, 0.25) is 0 Å². The second-order valence-electron chi connectivity index (χ2n) is 5.56. The average Bonchev–Trinajstić information content (AvgIpc) is 2.84. The highest BCUT2D eigenvalue weighted by molar-refractivity contribution is 5.70. The van der Waals surface area contributed by atoms with Gasteiger partial charge in [-0.1, -0.05) is 12.1 Å². The van der Waals surface area contributed by atoms with Crippen molar-refractivity contribution in [1.82, 2.24) is 4.90 Å². The van der Waals surface area contributed by atoms with Crippen LogP contribution in [0.5, 0.6) is 5.75 Å². The molecular formula is C15H18F3NO3. The van der Waals surface area contributed by atoms with Gasteiger partial charge in [-0.3, -0.25) is 4.79 Å². The average molecular weight is 317 g/mol. The highest BCUT2D eigenvalue weighted by atomic mass is 19.4. The monoisotopic (exact) mass is 317 g/mol. The number of hydrogen-bond donors (Lipinski definition) is 1. The number of ether oxygens (including phenoxy) is 1. The molecule has 22 heavy (non-hydrogen) atoms. The largest absolute Gasteiger partial charge is 0.492 e. The van der Waals surface area contributed by atoms with Crippen molar-refractivity contribution in [2.75, 3.05) is 26.7 Å². The maximum Gasteiger partial charge on any atom is 0.419 e. The van der Waals surface area contributed by atoms with Crippen molar-refractivity contribution in [3.05, 3.63) is 29.8 Å². The zero-order chi connectivity index (χ0) is 16.3.